The number of halogens is 1. The topological polar surface area (TPSA) is 35.0 Å². The number of hydrogen-bond acceptors (Lipinski definition) is 3. The molecule has 0 aliphatic rings. The average molecular weight is 291 g/mol. The molecule has 0 spiro atoms. The van der Waals surface area contributed by atoms with Crippen molar-refractivity contribution in [2.24, 2.45) is 0 Å². The summed E-state index contributed by atoms with van der Waals surface area (Å²) < 4.78 is 5.75. The van der Waals surface area contributed by atoms with Gasteiger partial charge in [-0.05, 0) is 49.9 Å². The molecule has 4 heteroatoms. The van der Waals surface area contributed by atoms with Crippen LogP contribution in [0.4, 0.5) is 0 Å². The first-order chi connectivity index (χ1) is 9.38. The highest BCUT2D eigenvalue weighted by Crippen LogP contribution is 2.29. The van der Waals surface area contributed by atoms with Crippen LogP contribution in [0.1, 0.15) is 42.3 Å². The van der Waals surface area contributed by atoms with Gasteiger partial charge in [0.15, 0.2) is 5.15 Å². The number of ether oxygens (including phenoxy) is 1. The Hall–Kier alpha value is -1.61. The maximum Gasteiger partial charge on any atom is 0.257 e. The molecule has 1 aromatic heterocycles. The van der Waals surface area contributed by atoms with E-state index < -0.39 is 0 Å². The summed E-state index contributed by atoms with van der Waals surface area (Å²) in [7, 11) is 0. The molecule has 0 saturated carbocycles. The molecule has 0 aliphatic heterocycles. The Morgan fingerprint density at radius 2 is 1.70 bits per heavy atom. The molecule has 1 heterocycles. The van der Waals surface area contributed by atoms with Crippen LogP contribution >= 0.6 is 11.6 Å². The Labute approximate surface area is 125 Å². The molecule has 0 bridgehead atoms. The van der Waals surface area contributed by atoms with E-state index in [1.54, 1.807) is 0 Å². The fraction of sp³-hybridized carbons (Fsp3) is 0.375. The smallest absolute Gasteiger partial charge is 0.257 e. The van der Waals surface area contributed by atoms with E-state index in [9.17, 15) is 0 Å². The van der Waals surface area contributed by atoms with E-state index >= 15 is 0 Å². The van der Waals surface area contributed by atoms with Gasteiger partial charge in [-0.15, -0.1) is 0 Å². The standard InChI is InChI=1S/C16H19ClN2O/c1-9(2)14-7-6-13(8-10(14)3)20-16-15(17)18-11(4)12(5)19-16/h6-9H,1-5H3. The highest BCUT2D eigenvalue weighted by Gasteiger charge is 2.11. The lowest BCUT2D eigenvalue weighted by Gasteiger charge is -2.12. The van der Waals surface area contributed by atoms with Crippen LogP contribution in [0.5, 0.6) is 11.6 Å². The lowest BCUT2D eigenvalue weighted by atomic mass is 9.98. The molecule has 2 aromatic rings. The van der Waals surface area contributed by atoms with Gasteiger partial charge >= 0.3 is 0 Å². The molecule has 106 valence electrons. The fourth-order valence-electron chi connectivity index (χ4n) is 2.09. The van der Waals surface area contributed by atoms with Crippen molar-refractivity contribution in [3.8, 4) is 11.6 Å². The summed E-state index contributed by atoms with van der Waals surface area (Å²) in [6, 6.07) is 6.02. The van der Waals surface area contributed by atoms with Crippen LogP contribution in [-0.4, -0.2) is 9.97 Å². The molecular weight excluding hydrogens is 272 g/mol. The van der Waals surface area contributed by atoms with Crippen molar-refractivity contribution in [1.82, 2.24) is 9.97 Å². The van der Waals surface area contributed by atoms with Gasteiger partial charge in [0.05, 0.1) is 11.4 Å². The molecule has 0 saturated heterocycles. The lowest BCUT2D eigenvalue weighted by Crippen LogP contribution is -1.98. The summed E-state index contributed by atoms with van der Waals surface area (Å²) >= 11 is 6.07. The number of benzene rings is 1. The Morgan fingerprint density at radius 1 is 1.05 bits per heavy atom. The summed E-state index contributed by atoms with van der Waals surface area (Å²) in [5.41, 5.74) is 4.15. The monoisotopic (exact) mass is 290 g/mol. The van der Waals surface area contributed by atoms with E-state index in [0.717, 1.165) is 17.1 Å². The van der Waals surface area contributed by atoms with Crippen molar-refractivity contribution in [3.63, 3.8) is 0 Å². The predicted molar refractivity (Wildman–Crippen MR) is 81.9 cm³/mol. The van der Waals surface area contributed by atoms with Crippen molar-refractivity contribution in [3.05, 3.63) is 45.9 Å². The van der Waals surface area contributed by atoms with Crippen molar-refractivity contribution < 1.29 is 4.74 Å². The second-order valence-corrected chi connectivity index (χ2v) is 5.62. The molecule has 2 rings (SSSR count). The second kappa shape index (κ2) is 5.80. The first-order valence-corrected chi connectivity index (χ1v) is 7.05. The molecule has 0 fully saturated rings. The number of nitrogens with zero attached hydrogens (tertiary/aromatic N) is 2. The quantitative estimate of drug-likeness (QED) is 0.800. The SMILES string of the molecule is Cc1cc(Oc2nc(C)c(C)nc2Cl)ccc1C(C)C. The van der Waals surface area contributed by atoms with E-state index in [1.165, 1.54) is 11.1 Å². The molecule has 0 aliphatic carbocycles. The molecule has 20 heavy (non-hydrogen) atoms. The summed E-state index contributed by atoms with van der Waals surface area (Å²) in [4.78, 5) is 8.55. The summed E-state index contributed by atoms with van der Waals surface area (Å²) in [6.07, 6.45) is 0. The number of hydrogen-bond donors (Lipinski definition) is 0. The van der Waals surface area contributed by atoms with E-state index in [4.69, 9.17) is 16.3 Å². The van der Waals surface area contributed by atoms with Crippen LogP contribution in [0.2, 0.25) is 5.15 Å². The molecule has 0 atom stereocenters. The molecule has 0 amide bonds. The zero-order chi connectivity index (χ0) is 14.9. The van der Waals surface area contributed by atoms with Crippen molar-refractivity contribution in [2.75, 3.05) is 0 Å². The molecule has 3 nitrogen and oxygen atoms in total. The number of aryl methyl sites for hydroxylation is 3. The molecule has 0 radical (unpaired) electrons. The van der Waals surface area contributed by atoms with Crippen molar-refractivity contribution in [1.29, 1.82) is 0 Å². The first-order valence-electron chi connectivity index (χ1n) is 6.67. The van der Waals surface area contributed by atoms with Gasteiger partial charge in [0, 0.05) is 0 Å². The van der Waals surface area contributed by atoms with Crippen LogP contribution in [0.25, 0.3) is 0 Å². The van der Waals surface area contributed by atoms with Gasteiger partial charge in [0.1, 0.15) is 5.75 Å². The maximum absolute atomic E-state index is 6.07. The van der Waals surface area contributed by atoms with E-state index in [2.05, 4.69) is 36.8 Å². The Balaban J connectivity index is 2.31. The minimum absolute atomic E-state index is 0.290. The lowest BCUT2D eigenvalue weighted by molar-refractivity contribution is 0.457. The number of rotatable bonds is 3. The molecular formula is C16H19ClN2O. The van der Waals surface area contributed by atoms with Crippen LogP contribution < -0.4 is 4.74 Å². The van der Waals surface area contributed by atoms with Gasteiger partial charge in [0.2, 0.25) is 0 Å². The molecule has 0 N–H and O–H groups in total. The normalized spacial score (nSPS) is 10.9. The minimum Gasteiger partial charge on any atom is -0.436 e. The van der Waals surface area contributed by atoms with Crippen LogP contribution in [0, 0.1) is 20.8 Å². The van der Waals surface area contributed by atoms with E-state index in [-0.39, 0.29) is 0 Å². The zero-order valence-corrected chi connectivity index (χ0v) is 13.2. The second-order valence-electron chi connectivity index (χ2n) is 5.27. The Bertz CT molecular complexity index is 639. The molecule has 0 unspecified atom stereocenters. The third-order valence-corrected chi connectivity index (χ3v) is 3.56. The Kier molecular flexibility index (Phi) is 4.29. The van der Waals surface area contributed by atoms with Gasteiger partial charge in [-0.3, -0.25) is 0 Å². The summed E-state index contributed by atoms with van der Waals surface area (Å²) in [5.74, 6) is 1.58. The van der Waals surface area contributed by atoms with Crippen molar-refractivity contribution in [2.45, 2.75) is 40.5 Å². The summed E-state index contributed by atoms with van der Waals surface area (Å²) in [6.45, 7) is 10.2. The maximum atomic E-state index is 6.07. The third-order valence-electron chi connectivity index (χ3n) is 3.31. The van der Waals surface area contributed by atoms with Crippen molar-refractivity contribution >= 4 is 11.6 Å². The van der Waals surface area contributed by atoms with Gasteiger partial charge in [0.25, 0.3) is 5.88 Å². The zero-order valence-electron chi connectivity index (χ0n) is 12.5. The molecule has 1 aromatic carbocycles. The minimum atomic E-state index is 0.290. The van der Waals surface area contributed by atoms with E-state index in [0.29, 0.717) is 17.0 Å². The van der Waals surface area contributed by atoms with Gasteiger partial charge < -0.3 is 4.74 Å². The Morgan fingerprint density at radius 3 is 2.30 bits per heavy atom. The third kappa shape index (κ3) is 3.10. The van der Waals surface area contributed by atoms with Crippen LogP contribution in [-0.2, 0) is 0 Å². The highest BCUT2D eigenvalue weighted by molar-refractivity contribution is 6.30. The number of aromatic nitrogens is 2. The van der Waals surface area contributed by atoms with Crippen LogP contribution in [0.3, 0.4) is 0 Å². The predicted octanol–water partition coefficient (Wildman–Crippen LogP) is 4.97. The fourth-order valence-corrected chi connectivity index (χ4v) is 2.30. The highest BCUT2D eigenvalue weighted by atomic mass is 35.5. The average Bonchev–Trinajstić information content (AvgIpc) is 2.35. The first kappa shape index (κ1) is 14.8. The largest absolute Gasteiger partial charge is 0.436 e. The van der Waals surface area contributed by atoms with Gasteiger partial charge in [-0.1, -0.05) is 31.5 Å². The van der Waals surface area contributed by atoms with E-state index in [1.807, 2.05) is 26.0 Å². The summed E-state index contributed by atoms with van der Waals surface area (Å²) in [5, 5.41) is 0.290. The van der Waals surface area contributed by atoms with Gasteiger partial charge in [-0.2, -0.15) is 0 Å². The van der Waals surface area contributed by atoms with Crippen LogP contribution in [0.15, 0.2) is 18.2 Å². The van der Waals surface area contributed by atoms with Gasteiger partial charge in [-0.25, -0.2) is 9.97 Å².